The minimum atomic E-state index is 0.117. The number of hydrogen-bond acceptors (Lipinski definition) is 7. The lowest BCUT2D eigenvalue weighted by atomic mass is 10.2. The van der Waals surface area contributed by atoms with Gasteiger partial charge in [-0.1, -0.05) is 30.0 Å². The number of benzene rings is 1. The molecule has 1 fully saturated rings. The zero-order valence-electron chi connectivity index (χ0n) is 15.7. The Kier molecular flexibility index (Phi) is 5.97. The fourth-order valence-electron chi connectivity index (χ4n) is 3.18. The Morgan fingerprint density at radius 2 is 2.04 bits per heavy atom. The van der Waals surface area contributed by atoms with Crippen molar-refractivity contribution >= 4 is 34.7 Å². The Morgan fingerprint density at radius 1 is 1.18 bits per heavy atom. The van der Waals surface area contributed by atoms with E-state index < -0.39 is 0 Å². The SMILES string of the molecule is Cc1cccc(N2CCN(C(=O)CSc3nnc(Cc4cccs4)o3)CC2)c1. The second kappa shape index (κ2) is 8.79. The molecule has 0 atom stereocenters. The second-order valence-electron chi connectivity index (χ2n) is 6.71. The minimum Gasteiger partial charge on any atom is -0.416 e. The smallest absolute Gasteiger partial charge is 0.277 e. The molecule has 0 radical (unpaired) electrons. The topological polar surface area (TPSA) is 62.5 Å². The van der Waals surface area contributed by atoms with Crippen LogP contribution in [0, 0.1) is 6.92 Å². The van der Waals surface area contributed by atoms with Crippen LogP contribution in [0.15, 0.2) is 51.4 Å². The molecule has 28 heavy (non-hydrogen) atoms. The number of aromatic nitrogens is 2. The molecule has 4 rings (SSSR count). The average Bonchev–Trinajstić information content (AvgIpc) is 3.39. The number of thioether (sulfide) groups is 1. The molecule has 0 spiro atoms. The van der Waals surface area contributed by atoms with Crippen LogP contribution in [0.4, 0.5) is 5.69 Å². The molecule has 1 aliphatic heterocycles. The normalized spacial score (nSPS) is 14.5. The number of aryl methyl sites for hydroxylation is 1. The van der Waals surface area contributed by atoms with Crippen molar-refractivity contribution in [2.24, 2.45) is 0 Å². The maximum Gasteiger partial charge on any atom is 0.277 e. The molecule has 2 aromatic heterocycles. The molecule has 1 aliphatic rings. The largest absolute Gasteiger partial charge is 0.416 e. The highest BCUT2D eigenvalue weighted by Crippen LogP contribution is 2.21. The Hall–Kier alpha value is -2.32. The van der Waals surface area contributed by atoms with E-state index in [1.165, 1.54) is 27.9 Å². The molecular weight excluding hydrogens is 392 g/mol. The number of carbonyl (C=O) groups excluding carboxylic acids is 1. The number of thiophene rings is 1. The molecule has 0 saturated carbocycles. The molecule has 146 valence electrons. The summed E-state index contributed by atoms with van der Waals surface area (Å²) in [5.41, 5.74) is 2.48. The van der Waals surface area contributed by atoms with Gasteiger partial charge in [-0.05, 0) is 36.1 Å². The number of rotatable bonds is 6. The quantitative estimate of drug-likeness (QED) is 0.576. The minimum absolute atomic E-state index is 0.117. The zero-order valence-corrected chi connectivity index (χ0v) is 17.3. The van der Waals surface area contributed by atoms with Crippen molar-refractivity contribution in [3.05, 3.63) is 58.1 Å². The lowest BCUT2D eigenvalue weighted by Crippen LogP contribution is -2.49. The van der Waals surface area contributed by atoms with Gasteiger partial charge in [-0.2, -0.15) is 0 Å². The summed E-state index contributed by atoms with van der Waals surface area (Å²) in [5, 5.41) is 10.6. The molecule has 8 heteroatoms. The first kappa shape index (κ1) is 19.0. The standard InChI is InChI=1S/C20H22N4O2S2/c1-15-4-2-5-16(12-15)23-7-9-24(10-8-23)19(25)14-28-20-22-21-18(26-20)13-17-6-3-11-27-17/h2-6,11-12H,7-10,13-14H2,1H3. The van der Waals surface area contributed by atoms with Crippen LogP contribution in [0.5, 0.6) is 0 Å². The van der Waals surface area contributed by atoms with Gasteiger partial charge in [0.15, 0.2) is 0 Å². The lowest BCUT2D eigenvalue weighted by Gasteiger charge is -2.36. The van der Waals surface area contributed by atoms with Gasteiger partial charge >= 0.3 is 0 Å². The van der Waals surface area contributed by atoms with E-state index in [1.807, 2.05) is 22.4 Å². The first-order valence-corrected chi connectivity index (χ1v) is 11.1. The monoisotopic (exact) mass is 414 g/mol. The van der Waals surface area contributed by atoms with E-state index in [0.717, 1.165) is 26.2 Å². The first-order chi connectivity index (χ1) is 13.7. The van der Waals surface area contributed by atoms with Crippen LogP contribution < -0.4 is 4.90 Å². The van der Waals surface area contributed by atoms with Gasteiger partial charge in [-0.25, -0.2) is 0 Å². The lowest BCUT2D eigenvalue weighted by molar-refractivity contribution is -0.128. The number of amides is 1. The highest BCUT2D eigenvalue weighted by molar-refractivity contribution is 7.99. The molecule has 3 aromatic rings. The Morgan fingerprint density at radius 3 is 2.79 bits per heavy atom. The summed E-state index contributed by atoms with van der Waals surface area (Å²) in [6, 6.07) is 12.5. The van der Waals surface area contributed by atoms with Crippen molar-refractivity contribution in [2.45, 2.75) is 18.6 Å². The predicted molar refractivity (Wildman–Crippen MR) is 112 cm³/mol. The van der Waals surface area contributed by atoms with Crippen molar-refractivity contribution in [2.75, 3.05) is 36.8 Å². The number of carbonyl (C=O) groups is 1. The van der Waals surface area contributed by atoms with Crippen molar-refractivity contribution in [3.63, 3.8) is 0 Å². The van der Waals surface area contributed by atoms with E-state index in [9.17, 15) is 4.79 Å². The van der Waals surface area contributed by atoms with Gasteiger partial charge in [-0.3, -0.25) is 4.79 Å². The highest BCUT2D eigenvalue weighted by Gasteiger charge is 2.22. The molecular formula is C20H22N4O2S2. The van der Waals surface area contributed by atoms with Crippen molar-refractivity contribution in [1.29, 1.82) is 0 Å². The van der Waals surface area contributed by atoms with Crippen LogP contribution in [0.1, 0.15) is 16.3 Å². The fourth-order valence-corrected chi connectivity index (χ4v) is 4.56. The van der Waals surface area contributed by atoms with Crippen LogP contribution in [0.3, 0.4) is 0 Å². The van der Waals surface area contributed by atoms with E-state index >= 15 is 0 Å². The number of nitrogens with zero attached hydrogens (tertiary/aromatic N) is 4. The number of hydrogen-bond donors (Lipinski definition) is 0. The van der Waals surface area contributed by atoms with Gasteiger partial charge in [0.2, 0.25) is 11.8 Å². The van der Waals surface area contributed by atoms with Crippen LogP contribution >= 0.6 is 23.1 Å². The third-order valence-corrected chi connectivity index (χ3v) is 6.35. The van der Waals surface area contributed by atoms with Crippen LogP contribution in [-0.2, 0) is 11.2 Å². The summed E-state index contributed by atoms with van der Waals surface area (Å²) in [4.78, 5) is 18.0. The van der Waals surface area contributed by atoms with E-state index in [4.69, 9.17) is 4.42 Å². The zero-order chi connectivity index (χ0) is 19.3. The molecule has 6 nitrogen and oxygen atoms in total. The van der Waals surface area contributed by atoms with Gasteiger partial charge in [0.25, 0.3) is 5.22 Å². The van der Waals surface area contributed by atoms with Crippen LogP contribution in [0.2, 0.25) is 0 Å². The van der Waals surface area contributed by atoms with Crippen LogP contribution in [0.25, 0.3) is 0 Å². The Labute approximate surface area is 172 Å². The van der Waals surface area contributed by atoms with Gasteiger partial charge < -0.3 is 14.2 Å². The van der Waals surface area contributed by atoms with Gasteiger partial charge in [0.1, 0.15) is 0 Å². The first-order valence-electron chi connectivity index (χ1n) is 9.24. The average molecular weight is 415 g/mol. The van der Waals surface area contributed by atoms with Crippen molar-refractivity contribution in [3.8, 4) is 0 Å². The highest BCUT2D eigenvalue weighted by atomic mass is 32.2. The fraction of sp³-hybridized carbons (Fsp3) is 0.350. The molecule has 0 unspecified atom stereocenters. The van der Waals surface area contributed by atoms with Gasteiger partial charge in [0, 0.05) is 36.7 Å². The molecule has 1 amide bonds. The third-order valence-electron chi connectivity index (χ3n) is 4.67. The van der Waals surface area contributed by atoms with Crippen molar-refractivity contribution < 1.29 is 9.21 Å². The van der Waals surface area contributed by atoms with Crippen LogP contribution in [-0.4, -0.2) is 52.9 Å². The molecule has 0 aliphatic carbocycles. The van der Waals surface area contributed by atoms with Gasteiger partial charge in [-0.15, -0.1) is 21.5 Å². The summed E-state index contributed by atoms with van der Waals surface area (Å²) in [6.07, 6.45) is 0.639. The van der Waals surface area contributed by atoms with E-state index in [2.05, 4.69) is 46.3 Å². The molecule has 0 N–H and O–H groups in total. The summed E-state index contributed by atoms with van der Waals surface area (Å²) in [7, 11) is 0. The second-order valence-corrected chi connectivity index (χ2v) is 8.67. The summed E-state index contributed by atoms with van der Waals surface area (Å²) in [6.45, 7) is 5.28. The number of anilines is 1. The predicted octanol–water partition coefficient (Wildman–Crippen LogP) is 3.47. The molecule has 1 aromatic carbocycles. The summed E-state index contributed by atoms with van der Waals surface area (Å²) >= 11 is 2.98. The Balaban J connectivity index is 1.24. The molecule has 3 heterocycles. The van der Waals surface area contributed by atoms with E-state index in [1.54, 1.807) is 11.3 Å². The Bertz CT molecular complexity index is 918. The number of piperazine rings is 1. The third kappa shape index (κ3) is 4.74. The summed E-state index contributed by atoms with van der Waals surface area (Å²) < 4.78 is 5.65. The van der Waals surface area contributed by atoms with Gasteiger partial charge in [0.05, 0.1) is 12.2 Å². The van der Waals surface area contributed by atoms with Crippen molar-refractivity contribution in [1.82, 2.24) is 15.1 Å². The maximum absolute atomic E-state index is 12.5. The molecule has 0 bridgehead atoms. The van der Waals surface area contributed by atoms with E-state index in [-0.39, 0.29) is 5.91 Å². The molecule has 1 saturated heterocycles. The summed E-state index contributed by atoms with van der Waals surface area (Å²) in [5.74, 6) is 1.03. The van der Waals surface area contributed by atoms with E-state index in [0.29, 0.717) is 23.3 Å². The maximum atomic E-state index is 12.5.